The minimum Gasteiger partial charge on any atom is -0.452 e. The van der Waals surface area contributed by atoms with E-state index in [1.165, 1.54) is 0 Å². The Morgan fingerprint density at radius 1 is 1.07 bits per heavy atom. The number of carbonyl (C=O) groups excluding carboxylic acids is 4. The lowest BCUT2D eigenvalue weighted by Gasteiger charge is -2.34. The van der Waals surface area contributed by atoms with Gasteiger partial charge in [-0.1, -0.05) is 27.7 Å². The zero-order chi connectivity index (χ0) is 29.9. The third-order valence-electron chi connectivity index (χ3n) is 7.01. The van der Waals surface area contributed by atoms with E-state index in [1.54, 1.807) is 56.9 Å². The molecule has 40 heavy (non-hydrogen) atoms. The summed E-state index contributed by atoms with van der Waals surface area (Å²) in [4.78, 5) is 69.5. The van der Waals surface area contributed by atoms with Gasteiger partial charge in [0.2, 0.25) is 5.78 Å². The molecule has 2 heterocycles. The van der Waals surface area contributed by atoms with E-state index < -0.39 is 53.5 Å². The van der Waals surface area contributed by atoms with Crippen molar-refractivity contribution in [2.45, 2.75) is 58.7 Å². The number of ketones is 1. The standard InChI is InChI=1S/C27H38N6O7/c1-15(2)20(28)25(36)32(26(37)39-7)24(35)19-9-8-14-31(19)21(16(3)4)22(34)23-29-33(27(38)40-23)18-12-10-17(11-13-18)30(5)6/h10-13,15-16,19-21H,8-9,14,28H2,1-7H3/t19-,20-,21-/m0/s1. The summed E-state index contributed by atoms with van der Waals surface area (Å²) in [5, 5.41) is 4.15. The van der Waals surface area contributed by atoms with Crippen LogP contribution in [-0.2, 0) is 14.3 Å². The van der Waals surface area contributed by atoms with Gasteiger partial charge in [-0.3, -0.25) is 19.3 Å². The Bertz CT molecular complexity index is 1300. The topological polar surface area (TPSA) is 161 Å². The van der Waals surface area contributed by atoms with E-state index in [0.29, 0.717) is 30.0 Å². The Morgan fingerprint density at radius 2 is 1.70 bits per heavy atom. The van der Waals surface area contributed by atoms with Crippen LogP contribution in [-0.4, -0.2) is 89.1 Å². The predicted octanol–water partition coefficient (Wildman–Crippen LogP) is 1.67. The Kier molecular flexibility index (Phi) is 9.64. The number of anilines is 1. The predicted molar refractivity (Wildman–Crippen MR) is 146 cm³/mol. The van der Waals surface area contributed by atoms with Gasteiger partial charge >= 0.3 is 11.8 Å². The van der Waals surface area contributed by atoms with Gasteiger partial charge in [0.1, 0.15) is 0 Å². The summed E-state index contributed by atoms with van der Waals surface area (Å²) < 4.78 is 11.0. The van der Waals surface area contributed by atoms with Crippen LogP contribution >= 0.6 is 0 Å². The molecule has 3 atom stereocenters. The molecule has 13 nitrogen and oxygen atoms in total. The number of imide groups is 3. The highest BCUT2D eigenvalue weighted by Crippen LogP contribution is 2.28. The van der Waals surface area contributed by atoms with Crippen LogP contribution in [0.15, 0.2) is 33.5 Å². The highest BCUT2D eigenvalue weighted by atomic mass is 16.5. The molecule has 1 aromatic heterocycles. The molecule has 2 aromatic rings. The second-order valence-electron chi connectivity index (χ2n) is 10.7. The molecule has 0 bridgehead atoms. The van der Waals surface area contributed by atoms with E-state index in [4.69, 9.17) is 14.9 Å². The normalized spacial score (nSPS) is 17.1. The lowest BCUT2D eigenvalue weighted by Crippen LogP contribution is -2.58. The van der Waals surface area contributed by atoms with Gasteiger partial charge in [0.25, 0.3) is 17.7 Å². The van der Waals surface area contributed by atoms with Crippen molar-refractivity contribution in [2.24, 2.45) is 17.6 Å². The summed E-state index contributed by atoms with van der Waals surface area (Å²) in [6.07, 6.45) is -0.317. The number of hydrogen-bond acceptors (Lipinski definition) is 11. The zero-order valence-electron chi connectivity index (χ0n) is 24.0. The van der Waals surface area contributed by atoms with Crippen molar-refractivity contribution in [1.82, 2.24) is 19.6 Å². The fourth-order valence-electron chi connectivity index (χ4n) is 4.75. The van der Waals surface area contributed by atoms with Crippen molar-refractivity contribution >= 4 is 29.4 Å². The summed E-state index contributed by atoms with van der Waals surface area (Å²) >= 11 is 0. The van der Waals surface area contributed by atoms with Crippen molar-refractivity contribution < 1.29 is 28.3 Å². The number of nitrogens with zero attached hydrogens (tertiary/aromatic N) is 5. The number of aromatic nitrogens is 2. The largest absolute Gasteiger partial charge is 0.452 e. The summed E-state index contributed by atoms with van der Waals surface area (Å²) in [5.74, 6) is -4.20. The molecule has 0 spiro atoms. The molecule has 1 aromatic carbocycles. The van der Waals surface area contributed by atoms with Crippen LogP contribution in [0.5, 0.6) is 0 Å². The lowest BCUT2D eigenvalue weighted by molar-refractivity contribution is -0.146. The Labute approximate surface area is 232 Å². The Hall–Kier alpha value is -3.84. The van der Waals surface area contributed by atoms with Gasteiger partial charge in [-0.15, -0.1) is 5.10 Å². The number of ether oxygens (including phenoxy) is 1. The summed E-state index contributed by atoms with van der Waals surface area (Å²) in [5.41, 5.74) is 7.30. The first-order valence-corrected chi connectivity index (χ1v) is 13.2. The number of rotatable bonds is 9. The number of likely N-dealkylation sites (tertiary alicyclic amines) is 1. The first-order chi connectivity index (χ1) is 18.8. The molecule has 0 saturated carbocycles. The van der Waals surface area contributed by atoms with Crippen LogP contribution in [0.25, 0.3) is 5.69 Å². The highest BCUT2D eigenvalue weighted by molar-refractivity contribution is 6.12. The molecule has 0 unspecified atom stereocenters. The number of carbonyl (C=O) groups is 4. The molecule has 3 amide bonds. The van der Waals surface area contributed by atoms with Gasteiger partial charge < -0.3 is 19.8 Å². The van der Waals surface area contributed by atoms with Crippen molar-refractivity contribution in [3.63, 3.8) is 0 Å². The van der Waals surface area contributed by atoms with Gasteiger partial charge in [-0.05, 0) is 55.5 Å². The van der Waals surface area contributed by atoms with Crippen LogP contribution in [0.4, 0.5) is 10.5 Å². The van der Waals surface area contributed by atoms with Gasteiger partial charge in [0.05, 0.1) is 30.9 Å². The fraction of sp³-hybridized carbons (Fsp3) is 0.556. The van der Waals surface area contributed by atoms with Crippen LogP contribution in [0.3, 0.4) is 0 Å². The summed E-state index contributed by atoms with van der Waals surface area (Å²) in [7, 11) is 4.83. The van der Waals surface area contributed by atoms with E-state index in [0.717, 1.165) is 17.5 Å². The fourth-order valence-corrected chi connectivity index (χ4v) is 4.75. The smallest absolute Gasteiger partial charge is 0.442 e. The van der Waals surface area contributed by atoms with Crippen molar-refractivity contribution in [3.8, 4) is 5.69 Å². The first kappa shape index (κ1) is 30.7. The molecule has 218 valence electrons. The Balaban J connectivity index is 1.93. The molecular weight excluding hydrogens is 520 g/mol. The van der Waals surface area contributed by atoms with Gasteiger partial charge in [-0.2, -0.15) is 9.58 Å². The maximum Gasteiger partial charge on any atom is 0.442 e. The Morgan fingerprint density at radius 3 is 2.23 bits per heavy atom. The number of benzene rings is 1. The summed E-state index contributed by atoms with van der Waals surface area (Å²) in [6.45, 7) is 7.30. The van der Waals surface area contributed by atoms with Gasteiger partial charge in [0.15, 0.2) is 0 Å². The average molecular weight is 559 g/mol. The number of nitrogens with two attached hydrogens (primary N) is 1. The molecule has 13 heteroatoms. The monoisotopic (exact) mass is 558 g/mol. The second-order valence-corrected chi connectivity index (χ2v) is 10.7. The van der Waals surface area contributed by atoms with Gasteiger partial charge in [-0.25, -0.2) is 9.59 Å². The molecule has 0 aliphatic carbocycles. The molecular formula is C27H38N6O7. The average Bonchev–Trinajstić information content (AvgIpc) is 3.54. The maximum atomic E-state index is 13.7. The molecule has 1 saturated heterocycles. The van der Waals surface area contributed by atoms with Crippen LogP contribution < -0.4 is 16.4 Å². The number of methoxy groups -OCH3 is 1. The van der Waals surface area contributed by atoms with Gasteiger partial charge in [0, 0.05) is 19.8 Å². The van der Waals surface area contributed by atoms with Crippen molar-refractivity contribution in [1.29, 1.82) is 0 Å². The number of hydrogen-bond donors (Lipinski definition) is 1. The molecule has 1 aliphatic heterocycles. The molecule has 2 N–H and O–H groups in total. The van der Waals surface area contributed by atoms with E-state index in [9.17, 15) is 24.0 Å². The van der Waals surface area contributed by atoms with Crippen molar-refractivity contribution in [2.75, 3.05) is 32.6 Å². The highest BCUT2D eigenvalue weighted by Gasteiger charge is 2.46. The SMILES string of the molecule is COC(=O)N(C(=O)[C@@H](N)C(C)C)C(=O)[C@@H]1CCCN1[C@H](C(=O)c1nn(-c2ccc(N(C)C)cc2)c(=O)o1)C(C)C. The van der Waals surface area contributed by atoms with Crippen LogP contribution in [0, 0.1) is 11.8 Å². The van der Waals surface area contributed by atoms with E-state index >= 15 is 0 Å². The van der Waals surface area contributed by atoms with E-state index in [-0.39, 0.29) is 11.8 Å². The molecule has 0 radical (unpaired) electrons. The maximum absolute atomic E-state index is 13.7. The molecule has 3 rings (SSSR count). The number of Topliss-reactive ketones (excluding diaryl/α,β-unsaturated/α-hetero) is 1. The minimum absolute atomic E-state index is 0.295. The minimum atomic E-state index is -1.14. The van der Waals surface area contributed by atoms with E-state index in [1.807, 2.05) is 19.0 Å². The van der Waals surface area contributed by atoms with E-state index in [2.05, 4.69) is 5.10 Å². The first-order valence-electron chi connectivity index (χ1n) is 13.2. The molecule has 1 fully saturated rings. The van der Waals surface area contributed by atoms with Crippen LogP contribution in [0.2, 0.25) is 0 Å². The lowest BCUT2D eigenvalue weighted by atomic mass is 9.96. The molecule has 1 aliphatic rings. The summed E-state index contributed by atoms with van der Waals surface area (Å²) in [6, 6.07) is 3.96. The van der Waals surface area contributed by atoms with Crippen molar-refractivity contribution in [3.05, 3.63) is 40.7 Å². The number of amides is 3. The quantitative estimate of drug-likeness (QED) is 0.446. The third-order valence-corrected chi connectivity index (χ3v) is 7.01. The zero-order valence-corrected chi connectivity index (χ0v) is 24.0. The third kappa shape index (κ3) is 6.15. The van der Waals surface area contributed by atoms with Crippen LogP contribution in [0.1, 0.15) is 51.2 Å². The second kappa shape index (κ2) is 12.6.